The van der Waals surface area contributed by atoms with Gasteiger partial charge in [-0.05, 0) is 48.5 Å². The number of thiophene rings is 1. The van der Waals surface area contributed by atoms with Crippen LogP contribution < -0.4 is 5.32 Å². The minimum Gasteiger partial charge on any atom is -0.443 e. The van der Waals surface area contributed by atoms with Crippen molar-refractivity contribution in [1.82, 2.24) is 24.7 Å². The zero-order valence-corrected chi connectivity index (χ0v) is 19.3. The number of anilines is 1. The van der Waals surface area contributed by atoms with Gasteiger partial charge in [-0.3, -0.25) is 14.9 Å². The number of rotatable bonds is 5. The second-order valence-corrected chi connectivity index (χ2v) is 8.79. The molecule has 2 aromatic carbocycles. The molecule has 178 valence electrons. The van der Waals surface area contributed by atoms with Gasteiger partial charge in [-0.25, -0.2) is 19.6 Å². The normalized spacial score (nSPS) is 11.0. The molecule has 13 heteroatoms. The van der Waals surface area contributed by atoms with Crippen molar-refractivity contribution in [3.63, 3.8) is 0 Å². The summed E-state index contributed by atoms with van der Waals surface area (Å²) in [5.74, 6) is -0.0800. The fourth-order valence-corrected chi connectivity index (χ4v) is 4.43. The highest BCUT2D eigenvalue weighted by Gasteiger charge is 2.20. The number of hydrogen-bond donors (Lipinski definition) is 1. The first kappa shape index (κ1) is 22.0. The molecule has 1 N–H and O–H groups in total. The maximum atomic E-state index is 13.0. The Morgan fingerprint density at radius 1 is 1.14 bits per heavy atom. The fourth-order valence-electron chi connectivity index (χ4n) is 3.71. The molecule has 0 aliphatic carbocycles. The highest BCUT2D eigenvalue weighted by atomic mass is 32.1. The van der Waals surface area contributed by atoms with Gasteiger partial charge in [0.15, 0.2) is 23.4 Å². The van der Waals surface area contributed by atoms with Crippen molar-refractivity contribution in [2.45, 2.75) is 0 Å². The summed E-state index contributed by atoms with van der Waals surface area (Å²) in [6, 6.07) is 16.8. The summed E-state index contributed by atoms with van der Waals surface area (Å²) in [7, 11) is 0. The van der Waals surface area contributed by atoms with Crippen molar-refractivity contribution in [3.05, 3.63) is 87.7 Å². The van der Waals surface area contributed by atoms with Gasteiger partial charge in [-0.1, -0.05) is 11.3 Å². The Kier molecular flexibility index (Phi) is 5.13. The Balaban J connectivity index is 1.49. The quantitative estimate of drug-likeness (QED) is 0.256. The van der Waals surface area contributed by atoms with E-state index in [0.717, 1.165) is 11.3 Å². The summed E-state index contributed by atoms with van der Waals surface area (Å²) in [6.07, 6.45) is 2.86. The van der Waals surface area contributed by atoms with Gasteiger partial charge in [-0.2, -0.15) is 10.4 Å². The van der Waals surface area contributed by atoms with Gasteiger partial charge in [0.05, 0.1) is 38.7 Å². The van der Waals surface area contributed by atoms with E-state index < -0.39 is 10.8 Å². The van der Waals surface area contributed by atoms with Crippen LogP contribution in [0, 0.1) is 21.4 Å². The van der Waals surface area contributed by atoms with E-state index in [9.17, 15) is 14.9 Å². The minimum absolute atomic E-state index is 0.145. The number of fused-ring (bicyclic) bond motifs is 2. The van der Waals surface area contributed by atoms with Crippen LogP contribution in [0.3, 0.4) is 0 Å². The van der Waals surface area contributed by atoms with Crippen LogP contribution in [-0.2, 0) is 0 Å². The first-order valence-corrected chi connectivity index (χ1v) is 11.5. The standard InChI is InChI=1S/C24H12N8O4S/c25-10-13-1-4-15(5-2-13)31-23-16(11-27-31)22(30-24(33)19-7-8-20(37-19)32(34)35)28-21(29-23)14-3-6-18-17(9-14)26-12-36-18/h1-9,11-12H,(H,28,29,30,33). The molecule has 0 saturated carbocycles. The Bertz CT molecular complexity index is 1880. The molecule has 6 rings (SSSR count). The van der Waals surface area contributed by atoms with Crippen LogP contribution >= 0.6 is 11.3 Å². The van der Waals surface area contributed by atoms with Crippen molar-refractivity contribution < 1.29 is 14.1 Å². The van der Waals surface area contributed by atoms with Gasteiger partial charge in [0.25, 0.3) is 5.91 Å². The van der Waals surface area contributed by atoms with Crippen molar-refractivity contribution >= 4 is 50.2 Å². The molecule has 0 bridgehead atoms. The molecule has 0 unspecified atom stereocenters. The van der Waals surface area contributed by atoms with Crippen LogP contribution in [0.4, 0.5) is 10.8 Å². The van der Waals surface area contributed by atoms with E-state index in [0.29, 0.717) is 44.8 Å². The van der Waals surface area contributed by atoms with Crippen LogP contribution in [-0.4, -0.2) is 35.6 Å². The largest absolute Gasteiger partial charge is 0.443 e. The average Bonchev–Trinajstić information content (AvgIpc) is 3.68. The van der Waals surface area contributed by atoms with E-state index in [4.69, 9.17) is 14.7 Å². The molecule has 1 amide bonds. The molecule has 12 nitrogen and oxygen atoms in total. The molecule has 0 aliphatic heterocycles. The number of nitrogens with one attached hydrogen (secondary N) is 1. The number of oxazole rings is 1. The predicted molar refractivity (Wildman–Crippen MR) is 133 cm³/mol. The van der Waals surface area contributed by atoms with E-state index in [1.165, 1.54) is 24.7 Å². The third kappa shape index (κ3) is 3.93. The lowest BCUT2D eigenvalue weighted by Crippen LogP contribution is -2.12. The molecule has 0 aliphatic rings. The van der Waals surface area contributed by atoms with Crippen LogP contribution in [0.5, 0.6) is 0 Å². The van der Waals surface area contributed by atoms with Crippen molar-refractivity contribution in [3.8, 4) is 23.1 Å². The third-order valence-electron chi connectivity index (χ3n) is 5.49. The van der Waals surface area contributed by atoms with Crippen LogP contribution in [0.15, 0.2) is 71.6 Å². The Hall–Kier alpha value is -5.48. The summed E-state index contributed by atoms with van der Waals surface area (Å²) in [4.78, 5) is 37.1. The van der Waals surface area contributed by atoms with Gasteiger partial charge in [0.1, 0.15) is 11.3 Å². The second kappa shape index (κ2) is 8.63. The van der Waals surface area contributed by atoms with Crippen molar-refractivity contribution in [2.75, 3.05) is 5.32 Å². The molecule has 6 aromatic rings. The number of amides is 1. The molecule has 0 fully saturated rings. The smallest absolute Gasteiger partial charge is 0.324 e. The molecule has 4 aromatic heterocycles. The first-order chi connectivity index (χ1) is 18.0. The number of hydrogen-bond acceptors (Lipinski definition) is 10. The minimum atomic E-state index is -0.554. The van der Waals surface area contributed by atoms with Crippen LogP contribution in [0.2, 0.25) is 0 Å². The Labute approximate surface area is 210 Å². The lowest BCUT2D eigenvalue weighted by Gasteiger charge is -2.09. The highest BCUT2D eigenvalue weighted by Crippen LogP contribution is 2.30. The summed E-state index contributed by atoms with van der Waals surface area (Å²) in [6.45, 7) is 0. The SMILES string of the molecule is N#Cc1ccc(-n2ncc3c(NC(=O)c4ccc([N+](=O)[O-])s4)nc(-c4ccc5ocnc5c4)nc32)cc1. The lowest BCUT2D eigenvalue weighted by atomic mass is 10.2. The summed E-state index contributed by atoms with van der Waals surface area (Å²) < 4.78 is 6.89. The second-order valence-electron chi connectivity index (χ2n) is 7.73. The zero-order valence-electron chi connectivity index (χ0n) is 18.5. The summed E-state index contributed by atoms with van der Waals surface area (Å²) >= 11 is 0.762. The lowest BCUT2D eigenvalue weighted by molar-refractivity contribution is -0.380. The van der Waals surface area contributed by atoms with Gasteiger partial charge in [-0.15, -0.1) is 0 Å². The van der Waals surface area contributed by atoms with E-state index in [1.54, 1.807) is 47.1 Å². The first-order valence-electron chi connectivity index (χ1n) is 10.7. The van der Waals surface area contributed by atoms with E-state index >= 15 is 0 Å². The molecule has 0 spiro atoms. The summed E-state index contributed by atoms with van der Waals surface area (Å²) in [5.41, 5.74) is 3.38. The predicted octanol–water partition coefficient (Wildman–Crippen LogP) is 4.72. The van der Waals surface area contributed by atoms with Gasteiger partial charge >= 0.3 is 5.00 Å². The van der Waals surface area contributed by atoms with Crippen LogP contribution in [0.25, 0.3) is 39.2 Å². The molecule has 0 atom stereocenters. The van der Waals surface area contributed by atoms with E-state index in [-0.39, 0.29) is 15.7 Å². The highest BCUT2D eigenvalue weighted by molar-refractivity contribution is 7.17. The number of nitriles is 1. The molecule has 37 heavy (non-hydrogen) atoms. The van der Waals surface area contributed by atoms with Gasteiger partial charge < -0.3 is 9.73 Å². The molecular weight excluding hydrogens is 496 g/mol. The van der Waals surface area contributed by atoms with Gasteiger partial charge in [0, 0.05) is 11.6 Å². The number of aromatic nitrogens is 5. The van der Waals surface area contributed by atoms with E-state index in [1.807, 2.05) is 0 Å². The monoisotopic (exact) mass is 508 g/mol. The number of benzene rings is 2. The van der Waals surface area contributed by atoms with E-state index in [2.05, 4.69) is 26.5 Å². The number of carbonyl (C=O) groups excluding carboxylic acids is 1. The number of nitrogens with zero attached hydrogens (tertiary/aromatic N) is 7. The molecular formula is C24H12N8O4S. The zero-order chi connectivity index (χ0) is 25.5. The molecule has 0 saturated heterocycles. The Morgan fingerprint density at radius 2 is 1.97 bits per heavy atom. The van der Waals surface area contributed by atoms with Gasteiger partial charge in [0.2, 0.25) is 0 Å². The van der Waals surface area contributed by atoms with Crippen molar-refractivity contribution in [2.24, 2.45) is 0 Å². The average molecular weight is 508 g/mol. The summed E-state index contributed by atoms with van der Waals surface area (Å²) in [5, 5.41) is 27.6. The van der Waals surface area contributed by atoms with Crippen LogP contribution in [0.1, 0.15) is 15.2 Å². The topological polar surface area (TPSA) is 166 Å². The Morgan fingerprint density at radius 3 is 2.73 bits per heavy atom. The maximum Gasteiger partial charge on any atom is 0.324 e. The molecule has 4 heterocycles. The van der Waals surface area contributed by atoms with Crippen molar-refractivity contribution in [1.29, 1.82) is 5.26 Å². The maximum absolute atomic E-state index is 13.0. The fraction of sp³-hybridized carbons (Fsp3) is 0. The third-order valence-corrected chi connectivity index (χ3v) is 6.52. The number of carbonyl (C=O) groups is 1. The molecule has 0 radical (unpaired) electrons. The number of nitro groups is 1.